The average Bonchev–Trinajstić information content (AvgIpc) is 2.62. The maximum atomic E-state index is 12.2. The average molecular weight is 468 g/mol. The molecule has 1 aliphatic rings. The molecule has 2 N–H and O–H groups in total. The molecule has 152 valence electrons. The topological polar surface area (TPSA) is 89.8 Å². The molecule has 0 aromatic heterocycles. The highest BCUT2D eigenvalue weighted by Crippen LogP contribution is 2.31. The quantitative estimate of drug-likeness (QED) is 0.290. The van der Waals surface area contributed by atoms with Crippen molar-refractivity contribution in [2.75, 3.05) is 24.7 Å². The number of anilines is 1. The SMILES string of the molecule is CSC(=Nc1cc(Br)ccc1NC1CCN(C(=O)OC(C)(C)C)CC1)NC#N. The maximum Gasteiger partial charge on any atom is 0.410 e. The second-order valence-corrected chi connectivity index (χ2v) is 9.12. The Morgan fingerprint density at radius 1 is 1.39 bits per heavy atom. The lowest BCUT2D eigenvalue weighted by molar-refractivity contribution is 0.0210. The molecule has 1 fully saturated rings. The number of hydrogen-bond acceptors (Lipinski definition) is 6. The Morgan fingerprint density at radius 3 is 2.64 bits per heavy atom. The van der Waals surface area contributed by atoms with E-state index < -0.39 is 5.60 Å². The Labute approximate surface area is 179 Å². The lowest BCUT2D eigenvalue weighted by Crippen LogP contribution is -2.44. The van der Waals surface area contributed by atoms with Crippen molar-refractivity contribution in [3.05, 3.63) is 22.7 Å². The van der Waals surface area contributed by atoms with Crippen molar-refractivity contribution in [1.29, 1.82) is 5.26 Å². The number of benzene rings is 1. The molecule has 0 spiro atoms. The molecule has 0 saturated carbocycles. The van der Waals surface area contributed by atoms with E-state index in [-0.39, 0.29) is 12.1 Å². The zero-order valence-corrected chi connectivity index (χ0v) is 19.0. The number of aliphatic imine (C=N–C) groups is 1. The van der Waals surface area contributed by atoms with Crippen LogP contribution in [0.25, 0.3) is 0 Å². The number of nitrogens with zero attached hydrogens (tertiary/aromatic N) is 3. The number of hydrogen-bond donors (Lipinski definition) is 2. The highest BCUT2D eigenvalue weighted by molar-refractivity contribution is 9.10. The molecule has 1 heterocycles. The Kier molecular flexibility index (Phi) is 8.01. The van der Waals surface area contributed by atoms with Crippen molar-refractivity contribution < 1.29 is 9.53 Å². The van der Waals surface area contributed by atoms with E-state index >= 15 is 0 Å². The fourth-order valence-corrected chi connectivity index (χ4v) is 3.44. The highest BCUT2D eigenvalue weighted by atomic mass is 79.9. The van der Waals surface area contributed by atoms with Crippen LogP contribution in [0.2, 0.25) is 0 Å². The predicted molar refractivity (Wildman–Crippen MR) is 118 cm³/mol. The van der Waals surface area contributed by atoms with Gasteiger partial charge in [0, 0.05) is 23.6 Å². The van der Waals surface area contributed by atoms with E-state index in [1.165, 1.54) is 11.8 Å². The van der Waals surface area contributed by atoms with E-state index in [4.69, 9.17) is 10.00 Å². The van der Waals surface area contributed by atoms with Gasteiger partial charge < -0.3 is 15.0 Å². The number of likely N-dealkylation sites (tertiary alicyclic amines) is 1. The summed E-state index contributed by atoms with van der Waals surface area (Å²) in [5.41, 5.74) is 1.16. The first-order chi connectivity index (χ1) is 13.2. The summed E-state index contributed by atoms with van der Waals surface area (Å²) in [6.07, 6.45) is 5.15. The van der Waals surface area contributed by atoms with Gasteiger partial charge in [-0.3, -0.25) is 5.32 Å². The Morgan fingerprint density at radius 2 is 2.07 bits per heavy atom. The van der Waals surface area contributed by atoms with Gasteiger partial charge >= 0.3 is 6.09 Å². The fourth-order valence-electron chi connectivity index (χ4n) is 2.75. The van der Waals surface area contributed by atoms with Crippen LogP contribution in [0.5, 0.6) is 0 Å². The van der Waals surface area contributed by atoms with E-state index in [2.05, 4.69) is 31.6 Å². The van der Waals surface area contributed by atoms with Gasteiger partial charge in [0.25, 0.3) is 0 Å². The molecule has 1 aromatic rings. The first-order valence-electron chi connectivity index (χ1n) is 9.03. The van der Waals surface area contributed by atoms with Crippen molar-refractivity contribution in [2.45, 2.75) is 45.3 Å². The number of carbonyl (C=O) groups excluding carboxylic acids is 1. The van der Waals surface area contributed by atoms with Crippen molar-refractivity contribution in [1.82, 2.24) is 10.2 Å². The molecule has 7 nitrogen and oxygen atoms in total. The number of amides is 1. The van der Waals surface area contributed by atoms with Gasteiger partial charge in [-0.1, -0.05) is 27.7 Å². The standard InChI is InChI=1S/C19H26BrN5O2S/c1-19(2,3)27-18(26)25-9-7-14(8-10-25)23-15-6-5-13(20)11-16(15)24-17(28-4)22-12-21/h5-6,11,14,23H,7-10H2,1-4H3,(H,22,24). The van der Waals surface area contributed by atoms with Crippen LogP contribution in [0.1, 0.15) is 33.6 Å². The molecule has 0 radical (unpaired) electrons. The number of amidine groups is 1. The number of carbonyl (C=O) groups is 1. The molecule has 0 atom stereocenters. The van der Waals surface area contributed by atoms with Crippen LogP contribution >= 0.6 is 27.7 Å². The lowest BCUT2D eigenvalue weighted by atomic mass is 10.0. The van der Waals surface area contributed by atoms with E-state index in [0.29, 0.717) is 18.3 Å². The summed E-state index contributed by atoms with van der Waals surface area (Å²) >= 11 is 4.85. The molecular weight excluding hydrogens is 442 g/mol. The monoisotopic (exact) mass is 467 g/mol. The van der Waals surface area contributed by atoms with E-state index in [1.807, 2.05) is 51.4 Å². The molecular formula is C19H26BrN5O2S. The van der Waals surface area contributed by atoms with Gasteiger partial charge in [-0.15, -0.1) is 0 Å². The number of nitrogens with one attached hydrogen (secondary N) is 2. The van der Waals surface area contributed by atoms with Gasteiger partial charge in [-0.2, -0.15) is 5.26 Å². The van der Waals surface area contributed by atoms with Crippen LogP contribution in [-0.2, 0) is 4.74 Å². The van der Waals surface area contributed by atoms with Crippen LogP contribution < -0.4 is 10.6 Å². The number of halogens is 1. The second-order valence-electron chi connectivity index (χ2n) is 7.41. The summed E-state index contributed by atoms with van der Waals surface area (Å²) in [6, 6.07) is 6.06. The predicted octanol–water partition coefficient (Wildman–Crippen LogP) is 4.68. The molecule has 1 aromatic carbocycles. The molecule has 1 amide bonds. The van der Waals surface area contributed by atoms with Gasteiger partial charge in [0.1, 0.15) is 5.60 Å². The maximum absolute atomic E-state index is 12.2. The van der Waals surface area contributed by atoms with Crippen LogP contribution in [0, 0.1) is 11.5 Å². The van der Waals surface area contributed by atoms with Gasteiger partial charge in [0.05, 0.1) is 11.4 Å². The Balaban J connectivity index is 2.04. The van der Waals surface area contributed by atoms with Gasteiger partial charge in [0.15, 0.2) is 11.4 Å². The zero-order valence-electron chi connectivity index (χ0n) is 16.6. The Hall–Kier alpha value is -1.92. The number of rotatable bonds is 3. The van der Waals surface area contributed by atoms with Gasteiger partial charge in [-0.25, -0.2) is 9.79 Å². The molecule has 28 heavy (non-hydrogen) atoms. The van der Waals surface area contributed by atoms with Crippen molar-refractivity contribution in [3.8, 4) is 6.19 Å². The van der Waals surface area contributed by atoms with Gasteiger partial charge in [-0.05, 0) is 58.1 Å². The minimum Gasteiger partial charge on any atom is -0.444 e. The van der Waals surface area contributed by atoms with Gasteiger partial charge in [0.2, 0.25) is 0 Å². The number of thioether (sulfide) groups is 1. The van der Waals surface area contributed by atoms with Crippen molar-refractivity contribution in [2.24, 2.45) is 4.99 Å². The normalized spacial score (nSPS) is 15.7. The molecule has 2 rings (SSSR count). The van der Waals surface area contributed by atoms with E-state index in [9.17, 15) is 4.79 Å². The van der Waals surface area contributed by atoms with Crippen LogP contribution in [0.3, 0.4) is 0 Å². The molecule has 0 aliphatic carbocycles. The molecule has 1 saturated heterocycles. The third kappa shape index (κ3) is 6.91. The first kappa shape index (κ1) is 22.4. The summed E-state index contributed by atoms with van der Waals surface area (Å²) < 4.78 is 6.36. The van der Waals surface area contributed by atoms with Crippen molar-refractivity contribution in [3.63, 3.8) is 0 Å². The summed E-state index contributed by atoms with van der Waals surface area (Å²) in [5, 5.41) is 15.5. The summed E-state index contributed by atoms with van der Waals surface area (Å²) in [6.45, 7) is 6.91. The largest absolute Gasteiger partial charge is 0.444 e. The zero-order chi connectivity index (χ0) is 20.7. The van der Waals surface area contributed by atoms with Crippen LogP contribution in [0.15, 0.2) is 27.7 Å². The third-order valence-corrected chi connectivity index (χ3v) is 5.12. The third-order valence-electron chi connectivity index (χ3n) is 4.04. The Bertz CT molecular complexity index is 765. The number of ether oxygens (including phenoxy) is 1. The molecule has 9 heteroatoms. The first-order valence-corrected chi connectivity index (χ1v) is 11.1. The number of nitriles is 1. The molecule has 1 aliphatic heterocycles. The van der Waals surface area contributed by atoms with Crippen LogP contribution in [-0.4, -0.2) is 47.1 Å². The lowest BCUT2D eigenvalue weighted by Gasteiger charge is -2.34. The van der Waals surface area contributed by atoms with Crippen LogP contribution in [0.4, 0.5) is 16.2 Å². The smallest absolute Gasteiger partial charge is 0.410 e. The molecule has 0 unspecified atom stereocenters. The molecule has 0 bridgehead atoms. The van der Waals surface area contributed by atoms with E-state index in [1.54, 1.807) is 4.90 Å². The highest BCUT2D eigenvalue weighted by Gasteiger charge is 2.27. The summed E-state index contributed by atoms with van der Waals surface area (Å²) in [7, 11) is 0. The van der Waals surface area contributed by atoms with E-state index in [0.717, 1.165) is 28.7 Å². The van der Waals surface area contributed by atoms with Crippen molar-refractivity contribution >= 4 is 50.3 Å². The fraction of sp³-hybridized carbons (Fsp3) is 0.526. The minimum atomic E-state index is -0.483. The number of piperidine rings is 1. The minimum absolute atomic E-state index is 0.232. The second kappa shape index (κ2) is 10.0. The summed E-state index contributed by atoms with van der Waals surface area (Å²) in [4.78, 5) is 18.5. The summed E-state index contributed by atoms with van der Waals surface area (Å²) in [5.74, 6) is 0.